The Morgan fingerprint density at radius 2 is 2.14 bits per heavy atom. The van der Waals surface area contributed by atoms with Gasteiger partial charge in [-0.1, -0.05) is 0 Å². The van der Waals surface area contributed by atoms with Crippen LogP contribution in [0.5, 0.6) is 0 Å². The molecular weight excluding hydrogens is 292 g/mol. The number of sulfonamides is 1. The van der Waals surface area contributed by atoms with Crippen LogP contribution in [0.2, 0.25) is 0 Å². The van der Waals surface area contributed by atoms with E-state index in [4.69, 9.17) is 9.15 Å². The number of nitrogens with zero attached hydrogens (tertiary/aromatic N) is 1. The van der Waals surface area contributed by atoms with Gasteiger partial charge in [-0.2, -0.15) is 4.31 Å². The normalized spacial score (nSPS) is 23.1. The number of furan rings is 1. The molecule has 1 saturated heterocycles. The average Bonchev–Trinajstić information content (AvgIpc) is 2.97. The van der Waals surface area contributed by atoms with E-state index in [0.29, 0.717) is 37.3 Å². The van der Waals surface area contributed by atoms with E-state index in [1.54, 1.807) is 20.0 Å². The van der Waals surface area contributed by atoms with E-state index >= 15 is 0 Å². The van der Waals surface area contributed by atoms with E-state index in [1.807, 2.05) is 0 Å². The highest BCUT2D eigenvalue weighted by Gasteiger charge is 2.33. The summed E-state index contributed by atoms with van der Waals surface area (Å²) >= 11 is 0. The molecule has 1 saturated carbocycles. The second-order valence-corrected chi connectivity index (χ2v) is 7.79. The molecule has 0 radical (unpaired) electrons. The summed E-state index contributed by atoms with van der Waals surface area (Å²) in [5.74, 6) is 1.13. The molecular formula is C14H22N2O4S. The standard InChI is InChI=1S/C14H22N2O4S/c1-10-14(7-13(20-10)8-15-11-3-4-11)21(17,18)16(2)12-5-6-19-9-12/h7,11-12,15H,3-6,8-9H2,1-2H3. The molecule has 1 atom stereocenters. The van der Waals surface area contributed by atoms with Gasteiger partial charge in [-0.25, -0.2) is 8.42 Å². The zero-order chi connectivity index (χ0) is 15.0. The number of rotatable bonds is 6. The van der Waals surface area contributed by atoms with Crippen LogP contribution in [0.15, 0.2) is 15.4 Å². The fourth-order valence-electron chi connectivity index (χ4n) is 2.56. The van der Waals surface area contributed by atoms with Gasteiger partial charge < -0.3 is 14.5 Å². The molecule has 2 aliphatic rings. The van der Waals surface area contributed by atoms with Crippen molar-refractivity contribution in [3.63, 3.8) is 0 Å². The van der Waals surface area contributed by atoms with Gasteiger partial charge in [0.25, 0.3) is 0 Å². The minimum absolute atomic E-state index is 0.0858. The number of hydrogen-bond acceptors (Lipinski definition) is 5. The monoisotopic (exact) mass is 314 g/mol. The zero-order valence-electron chi connectivity index (χ0n) is 12.5. The minimum Gasteiger partial charge on any atom is -0.464 e. The lowest BCUT2D eigenvalue weighted by Crippen LogP contribution is -2.37. The summed E-state index contributed by atoms with van der Waals surface area (Å²) in [6, 6.07) is 2.12. The van der Waals surface area contributed by atoms with Gasteiger partial charge in [-0.15, -0.1) is 0 Å². The molecule has 0 spiro atoms. The molecule has 1 aromatic heterocycles. The second-order valence-electron chi connectivity index (χ2n) is 5.83. The lowest BCUT2D eigenvalue weighted by atomic mass is 10.3. The van der Waals surface area contributed by atoms with Crippen molar-refractivity contribution in [3.05, 3.63) is 17.6 Å². The van der Waals surface area contributed by atoms with E-state index in [0.717, 1.165) is 6.42 Å². The fourth-order valence-corrected chi connectivity index (χ4v) is 4.11. The second kappa shape index (κ2) is 5.72. The predicted molar refractivity (Wildman–Crippen MR) is 77.5 cm³/mol. The first-order valence-corrected chi connectivity index (χ1v) is 8.81. The van der Waals surface area contributed by atoms with Crippen LogP contribution in [0.4, 0.5) is 0 Å². The number of ether oxygens (including phenoxy) is 1. The molecule has 21 heavy (non-hydrogen) atoms. The van der Waals surface area contributed by atoms with Crippen LogP contribution < -0.4 is 5.32 Å². The van der Waals surface area contributed by atoms with E-state index in [2.05, 4.69) is 5.32 Å². The Morgan fingerprint density at radius 3 is 2.76 bits per heavy atom. The van der Waals surface area contributed by atoms with Crippen molar-refractivity contribution in [3.8, 4) is 0 Å². The third-order valence-corrected chi connectivity index (χ3v) is 6.16. The maximum absolute atomic E-state index is 12.7. The summed E-state index contributed by atoms with van der Waals surface area (Å²) < 4.78 is 37.7. The summed E-state index contributed by atoms with van der Waals surface area (Å²) in [6.45, 7) is 3.36. The summed E-state index contributed by atoms with van der Waals surface area (Å²) in [6.07, 6.45) is 3.12. The van der Waals surface area contributed by atoms with E-state index in [1.165, 1.54) is 17.1 Å². The molecule has 0 bridgehead atoms. The molecule has 118 valence electrons. The molecule has 2 heterocycles. The fraction of sp³-hybridized carbons (Fsp3) is 0.714. The van der Waals surface area contributed by atoms with E-state index < -0.39 is 10.0 Å². The predicted octanol–water partition coefficient (Wildman–Crippen LogP) is 1.25. The molecule has 7 heteroatoms. The van der Waals surface area contributed by atoms with Gasteiger partial charge in [-0.3, -0.25) is 0 Å². The van der Waals surface area contributed by atoms with Crippen LogP contribution in [0, 0.1) is 6.92 Å². The Morgan fingerprint density at radius 1 is 1.38 bits per heavy atom. The highest BCUT2D eigenvalue weighted by Crippen LogP contribution is 2.27. The van der Waals surface area contributed by atoms with Crippen molar-refractivity contribution in [1.82, 2.24) is 9.62 Å². The van der Waals surface area contributed by atoms with Crippen molar-refractivity contribution in [2.45, 2.75) is 49.7 Å². The Bertz CT molecular complexity index is 600. The highest BCUT2D eigenvalue weighted by atomic mass is 32.2. The zero-order valence-corrected chi connectivity index (χ0v) is 13.3. The smallest absolute Gasteiger partial charge is 0.246 e. The molecule has 1 aliphatic carbocycles. The molecule has 6 nitrogen and oxygen atoms in total. The van der Waals surface area contributed by atoms with Gasteiger partial charge in [0.05, 0.1) is 19.2 Å². The first-order chi connectivity index (χ1) is 9.98. The summed E-state index contributed by atoms with van der Waals surface area (Å²) in [5, 5.41) is 3.33. The lowest BCUT2D eigenvalue weighted by Gasteiger charge is -2.21. The Hall–Kier alpha value is -0.890. The Kier molecular flexibility index (Phi) is 4.09. The summed E-state index contributed by atoms with van der Waals surface area (Å²) in [7, 11) is -1.91. The number of aryl methyl sites for hydroxylation is 1. The van der Waals surface area contributed by atoms with Crippen molar-refractivity contribution >= 4 is 10.0 Å². The molecule has 1 aliphatic heterocycles. The average molecular weight is 314 g/mol. The molecule has 1 unspecified atom stereocenters. The van der Waals surface area contributed by atoms with Crippen LogP contribution in [-0.4, -0.2) is 45.1 Å². The highest BCUT2D eigenvalue weighted by molar-refractivity contribution is 7.89. The van der Waals surface area contributed by atoms with Crippen molar-refractivity contribution < 1.29 is 17.6 Å². The molecule has 0 aromatic carbocycles. The van der Waals surface area contributed by atoms with Gasteiger partial charge in [-0.05, 0) is 26.2 Å². The van der Waals surface area contributed by atoms with Crippen LogP contribution in [0.1, 0.15) is 30.8 Å². The van der Waals surface area contributed by atoms with Crippen LogP contribution in [-0.2, 0) is 21.3 Å². The molecule has 0 amide bonds. The third-order valence-electron chi connectivity index (χ3n) is 4.14. The van der Waals surface area contributed by atoms with Crippen molar-refractivity contribution in [2.75, 3.05) is 20.3 Å². The maximum Gasteiger partial charge on any atom is 0.246 e. The van der Waals surface area contributed by atoms with E-state index in [-0.39, 0.29) is 10.9 Å². The molecule has 1 aromatic rings. The van der Waals surface area contributed by atoms with E-state index in [9.17, 15) is 8.42 Å². The third kappa shape index (κ3) is 3.15. The SMILES string of the molecule is Cc1oc(CNC2CC2)cc1S(=O)(=O)N(C)C1CCOC1. The van der Waals surface area contributed by atoms with Gasteiger partial charge in [0.2, 0.25) is 10.0 Å². The minimum atomic E-state index is -3.52. The Balaban J connectivity index is 1.76. The molecule has 3 rings (SSSR count). The molecule has 1 N–H and O–H groups in total. The van der Waals surface area contributed by atoms with Crippen LogP contribution in [0.3, 0.4) is 0 Å². The number of hydrogen-bond donors (Lipinski definition) is 1. The lowest BCUT2D eigenvalue weighted by molar-refractivity contribution is 0.181. The number of nitrogens with one attached hydrogen (secondary N) is 1. The Labute approximate surface area is 125 Å². The quantitative estimate of drug-likeness (QED) is 0.855. The maximum atomic E-state index is 12.7. The van der Waals surface area contributed by atoms with Gasteiger partial charge in [0, 0.05) is 25.8 Å². The summed E-state index contributed by atoms with van der Waals surface area (Å²) in [4.78, 5) is 0.268. The number of likely N-dealkylation sites (N-methyl/N-ethyl adjacent to an activating group) is 1. The first-order valence-electron chi connectivity index (χ1n) is 7.37. The summed E-state index contributed by atoms with van der Waals surface area (Å²) in [5.41, 5.74) is 0. The van der Waals surface area contributed by atoms with Gasteiger partial charge in [0.1, 0.15) is 16.4 Å². The largest absolute Gasteiger partial charge is 0.464 e. The van der Waals surface area contributed by atoms with Gasteiger partial charge in [0.15, 0.2) is 0 Å². The van der Waals surface area contributed by atoms with Crippen molar-refractivity contribution in [2.24, 2.45) is 0 Å². The first kappa shape index (κ1) is 15.0. The van der Waals surface area contributed by atoms with Gasteiger partial charge >= 0.3 is 0 Å². The topological polar surface area (TPSA) is 71.8 Å². The van der Waals surface area contributed by atoms with Crippen molar-refractivity contribution in [1.29, 1.82) is 0 Å². The van der Waals surface area contributed by atoms with Crippen LogP contribution in [0.25, 0.3) is 0 Å². The van der Waals surface area contributed by atoms with Crippen LogP contribution >= 0.6 is 0 Å². The molecule has 2 fully saturated rings.